The summed E-state index contributed by atoms with van der Waals surface area (Å²) in [6.45, 7) is 0.868. The Balaban J connectivity index is 1.53. The maximum Gasteiger partial charge on any atom is 0.257 e. The van der Waals surface area contributed by atoms with E-state index in [2.05, 4.69) is 5.32 Å². The molecule has 1 aromatic carbocycles. The molecule has 1 saturated carbocycles. The normalized spacial score (nSPS) is 19.8. The molecule has 6 heteroatoms. The second-order valence-electron chi connectivity index (χ2n) is 6.77. The minimum Gasteiger partial charge on any atom is -0.472 e. The van der Waals surface area contributed by atoms with Crippen molar-refractivity contribution in [2.45, 2.75) is 24.0 Å². The summed E-state index contributed by atoms with van der Waals surface area (Å²) in [5.41, 5.74) is 0.192. The number of methoxy groups -OCH3 is 1. The average Bonchev–Trinajstić information content (AvgIpc) is 3.22. The zero-order chi connectivity index (χ0) is 17.5. The number of rotatable bonds is 5. The lowest BCUT2D eigenvalue weighted by Gasteiger charge is -2.54. The molecule has 0 atom stereocenters. The van der Waals surface area contributed by atoms with E-state index >= 15 is 0 Å². The monoisotopic (exact) mass is 340 g/mol. The molecule has 1 N–H and O–H groups in total. The Morgan fingerprint density at radius 1 is 1.12 bits per heavy atom. The van der Waals surface area contributed by atoms with Gasteiger partial charge in [0, 0.05) is 25.8 Å². The lowest BCUT2D eigenvalue weighted by atomic mass is 9.80. The maximum absolute atomic E-state index is 12.7. The minimum absolute atomic E-state index is 0.0924. The molecule has 0 bridgehead atoms. The van der Waals surface area contributed by atoms with Gasteiger partial charge in [-0.2, -0.15) is 0 Å². The van der Waals surface area contributed by atoms with Crippen LogP contribution in [0.4, 0.5) is 0 Å². The summed E-state index contributed by atoms with van der Waals surface area (Å²) in [5, 5.41) is 3.15. The molecule has 1 aromatic heterocycles. The van der Waals surface area contributed by atoms with Crippen molar-refractivity contribution in [1.82, 2.24) is 10.2 Å². The van der Waals surface area contributed by atoms with Gasteiger partial charge >= 0.3 is 0 Å². The summed E-state index contributed by atoms with van der Waals surface area (Å²) in [4.78, 5) is 26.9. The van der Waals surface area contributed by atoms with Crippen molar-refractivity contribution in [3.05, 3.63) is 60.1 Å². The highest BCUT2D eigenvalue weighted by atomic mass is 16.5. The first-order valence-electron chi connectivity index (χ1n) is 8.33. The standard InChI is InChI=1S/C19H20N2O4/c1-24-19(8-9-19)18(20-16(22)14-5-3-2-4-6-14)12-21(13-18)17(23)15-7-10-25-11-15/h2-7,10-11H,8-9,12-13H2,1H3,(H,20,22). The molecule has 6 nitrogen and oxygen atoms in total. The van der Waals surface area contributed by atoms with Crippen LogP contribution in [0, 0.1) is 0 Å². The van der Waals surface area contributed by atoms with Gasteiger partial charge in [0.2, 0.25) is 0 Å². The van der Waals surface area contributed by atoms with E-state index in [4.69, 9.17) is 9.15 Å². The van der Waals surface area contributed by atoms with Crippen molar-refractivity contribution in [3.8, 4) is 0 Å². The van der Waals surface area contributed by atoms with Gasteiger partial charge in [0.15, 0.2) is 0 Å². The number of hydrogen-bond donors (Lipinski definition) is 1. The molecule has 1 aliphatic heterocycles. The van der Waals surface area contributed by atoms with Crippen LogP contribution in [0.15, 0.2) is 53.3 Å². The SMILES string of the molecule is COC1(C2(NC(=O)c3ccccc3)CN(C(=O)c3ccoc3)C2)CC1. The van der Waals surface area contributed by atoms with E-state index in [9.17, 15) is 9.59 Å². The Kier molecular flexibility index (Phi) is 3.65. The van der Waals surface area contributed by atoms with Gasteiger partial charge in [0.25, 0.3) is 11.8 Å². The third-order valence-corrected chi connectivity index (χ3v) is 5.33. The van der Waals surface area contributed by atoms with Gasteiger partial charge < -0.3 is 19.4 Å². The van der Waals surface area contributed by atoms with Crippen LogP contribution in [0.2, 0.25) is 0 Å². The van der Waals surface area contributed by atoms with Gasteiger partial charge in [-0.15, -0.1) is 0 Å². The number of nitrogens with one attached hydrogen (secondary N) is 1. The van der Waals surface area contributed by atoms with Crippen LogP contribution in [-0.2, 0) is 4.74 Å². The minimum atomic E-state index is -0.548. The number of amides is 2. The second kappa shape index (κ2) is 5.74. The molecule has 0 spiro atoms. The van der Waals surface area contributed by atoms with Gasteiger partial charge in [0.1, 0.15) is 11.8 Å². The predicted octanol–water partition coefficient (Wildman–Crippen LogP) is 2.08. The van der Waals surface area contributed by atoms with E-state index in [0.717, 1.165) is 12.8 Å². The second-order valence-corrected chi connectivity index (χ2v) is 6.77. The molecular formula is C19H20N2O4. The van der Waals surface area contributed by atoms with E-state index < -0.39 is 5.54 Å². The molecule has 130 valence electrons. The van der Waals surface area contributed by atoms with Crippen LogP contribution in [0.1, 0.15) is 33.6 Å². The summed E-state index contributed by atoms with van der Waals surface area (Å²) in [5.74, 6) is -0.232. The summed E-state index contributed by atoms with van der Waals surface area (Å²) in [6, 6.07) is 10.7. The molecule has 2 heterocycles. The van der Waals surface area contributed by atoms with Crippen LogP contribution in [0.25, 0.3) is 0 Å². The Labute approximate surface area is 145 Å². The molecule has 1 saturated heterocycles. The van der Waals surface area contributed by atoms with Crippen LogP contribution < -0.4 is 5.32 Å². The number of carbonyl (C=O) groups excluding carboxylic acids is 2. The fraction of sp³-hybridized carbons (Fsp3) is 0.368. The zero-order valence-corrected chi connectivity index (χ0v) is 14.0. The van der Waals surface area contributed by atoms with E-state index in [0.29, 0.717) is 24.2 Å². The molecule has 25 heavy (non-hydrogen) atoms. The smallest absolute Gasteiger partial charge is 0.257 e. The van der Waals surface area contributed by atoms with Gasteiger partial charge in [-0.05, 0) is 31.0 Å². The van der Waals surface area contributed by atoms with Crippen LogP contribution in [-0.4, -0.2) is 48.1 Å². The van der Waals surface area contributed by atoms with Crippen LogP contribution in [0.3, 0.4) is 0 Å². The Hall–Kier alpha value is -2.60. The molecule has 2 fully saturated rings. The molecule has 2 aliphatic rings. The lowest BCUT2D eigenvalue weighted by molar-refractivity contribution is -0.0709. The third kappa shape index (κ3) is 2.53. The highest BCUT2D eigenvalue weighted by Crippen LogP contribution is 2.51. The zero-order valence-electron chi connectivity index (χ0n) is 14.0. The quantitative estimate of drug-likeness (QED) is 0.905. The van der Waals surface area contributed by atoms with Crippen molar-refractivity contribution in [1.29, 1.82) is 0 Å². The Morgan fingerprint density at radius 2 is 1.84 bits per heavy atom. The predicted molar refractivity (Wildman–Crippen MR) is 90.2 cm³/mol. The average molecular weight is 340 g/mol. The van der Waals surface area contributed by atoms with Crippen molar-refractivity contribution in [2.75, 3.05) is 20.2 Å². The summed E-state index contributed by atoms with van der Waals surface area (Å²) in [6.07, 6.45) is 4.68. The lowest BCUT2D eigenvalue weighted by Crippen LogP contribution is -2.77. The molecule has 0 radical (unpaired) electrons. The Bertz CT molecular complexity index is 775. The highest BCUT2D eigenvalue weighted by molar-refractivity contribution is 5.97. The van der Waals surface area contributed by atoms with E-state index in [1.807, 2.05) is 18.2 Å². The topological polar surface area (TPSA) is 71.8 Å². The number of furan rings is 1. The molecule has 2 amide bonds. The van der Waals surface area contributed by atoms with Crippen molar-refractivity contribution in [2.24, 2.45) is 0 Å². The molecule has 1 aliphatic carbocycles. The van der Waals surface area contributed by atoms with Crippen LogP contribution >= 0.6 is 0 Å². The number of ether oxygens (including phenoxy) is 1. The summed E-state index contributed by atoms with van der Waals surface area (Å²) in [7, 11) is 1.67. The first-order valence-corrected chi connectivity index (χ1v) is 8.33. The largest absolute Gasteiger partial charge is 0.472 e. The third-order valence-electron chi connectivity index (χ3n) is 5.33. The fourth-order valence-corrected chi connectivity index (χ4v) is 3.67. The summed E-state index contributed by atoms with van der Waals surface area (Å²) < 4.78 is 10.7. The first-order chi connectivity index (χ1) is 12.1. The van der Waals surface area contributed by atoms with Gasteiger partial charge in [-0.3, -0.25) is 9.59 Å². The number of likely N-dealkylation sites (tertiary alicyclic amines) is 1. The molecule has 4 rings (SSSR count). The number of carbonyl (C=O) groups is 2. The molecular weight excluding hydrogens is 320 g/mol. The first kappa shape index (κ1) is 15.9. The number of benzene rings is 1. The van der Waals surface area contributed by atoms with Crippen molar-refractivity contribution >= 4 is 11.8 Å². The maximum atomic E-state index is 12.7. The fourth-order valence-electron chi connectivity index (χ4n) is 3.67. The van der Waals surface area contributed by atoms with E-state index in [1.165, 1.54) is 12.5 Å². The van der Waals surface area contributed by atoms with Gasteiger partial charge in [-0.1, -0.05) is 18.2 Å². The molecule has 0 unspecified atom stereocenters. The van der Waals surface area contributed by atoms with Gasteiger partial charge in [-0.25, -0.2) is 0 Å². The van der Waals surface area contributed by atoms with Crippen LogP contribution in [0.5, 0.6) is 0 Å². The summed E-state index contributed by atoms with van der Waals surface area (Å²) >= 11 is 0. The number of nitrogens with zero attached hydrogens (tertiary/aromatic N) is 1. The highest BCUT2D eigenvalue weighted by Gasteiger charge is 2.66. The number of hydrogen-bond acceptors (Lipinski definition) is 4. The van der Waals surface area contributed by atoms with E-state index in [-0.39, 0.29) is 17.4 Å². The van der Waals surface area contributed by atoms with Crippen molar-refractivity contribution < 1.29 is 18.7 Å². The Morgan fingerprint density at radius 3 is 2.40 bits per heavy atom. The van der Waals surface area contributed by atoms with Gasteiger partial charge in [0.05, 0.1) is 17.4 Å². The van der Waals surface area contributed by atoms with E-state index in [1.54, 1.807) is 30.2 Å². The molecule has 2 aromatic rings. The van der Waals surface area contributed by atoms with Crippen molar-refractivity contribution in [3.63, 3.8) is 0 Å².